The monoisotopic (exact) mass is 411 g/mol. The van der Waals surface area contributed by atoms with Crippen LogP contribution in [0, 0.1) is 6.92 Å². The number of aliphatic hydroxyl groups excluding tert-OH is 1. The molecule has 0 radical (unpaired) electrons. The molecule has 150 valence electrons. The Balaban J connectivity index is 1.98. The molecule has 2 N–H and O–H groups in total. The highest BCUT2D eigenvalue weighted by Crippen LogP contribution is 2.27. The first-order chi connectivity index (χ1) is 14.0. The van der Waals surface area contributed by atoms with Crippen molar-refractivity contribution >= 4 is 28.0 Å². The molecule has 1 heterocycles. The van der Waals surface area contributed by atoms with E-state index in [1.165, 1.54) is 18.5 Å². The highest BCUT2D eigenvalue weighted by atomic mass is 32.2. The van der Waals surface area contributed by atoms with Gasteiger partial charge in [-0.15, -0.1) is 0 Å². The van der Waals surface area contributed by atoms with Crippen molar-refractivity contribution < 1.29 is 18.3 Å². The van der Waals surface area contributed by atoms with Crippen LogP contribution >= 0.6 is 0 Å². The summed E-state index contributed by atoms with van der Waals surface area (Å²) < 4.78 is 33.5. The summed E-state index contributed by atoms with van der Waals surface area (Å²) in [5.41, 5.74) is 2.23. The van der Waals surface area contributed by atoms with E-state index in [1.54, 1.807) is 24.3 Å². The van der Waals surface area contributed by atoms with Crippen molar-refractivity contribution in [2.45, 2.75) is 11.8 Å². The van der Waals surface area contributed by atoms with Crippen LogP contribution in [0.4, 0.5) is 5.82 Å². The predicted octanol–water partition coefficient (Wildman–Crippen LogP) is 3.13. The molecule has 2 aromatic carbocycles. The van der Waals surface area contributed by atoms with Crippen molar-refractivity contribution in [3.05, 3.63) is 77.6 Å². The zero-order valence-corrected chi connectivity index (χ0v) is 16.6. The number of nitrogens with zero attached hydrogens (tertiary/aromatic N) is 2. The van der Waals surface area contributed by atoms with Crippen molar-refractivity contribution in [3.63, 3.8) is 0 Å². The lowest BCUT2D eigenvalue weighted by atomic mass is 10.2. The van der Waals surface area contributed by atoms with E-state index in [-0.39, 0.29) is 29.8 Å². The summed E-state index contributed by atoms with van der Waals surface area (Å²) in [6.45, 7) is 1.70. The van der Waals surface area contributed by atoms with Gasteiger partial charge in [-0.3, -0.25) is 4.72 Å². The SMILES string of the molecule is Cc1ccc(S(=O)(=O)Nc2ncnc(OCCO)c2/C=C/c2ccccc2)cc1. The molecule has 0 spiro atoms. The minimum Gasteiger partial charge on any atom is -0.475 e. The van der Waals surface area contributed by atoms with Gasteiger partial charge < -0.3 is 9.84 Å². The number of benzene rings is 2. The highest BCUT2D eigenvalue weighted by molar-refractivity contribution is 7.92. The van der Waals surface area contributed by atoms with Gasteiger partial charge in [-0.05, 0) is 30.7 Å². The Morgan fingerprint density at radius 3 is 2.45 bits per heavy atom. The van der Waals surface area contributed by atoms with E-state index >= 15 is 0 Å². The summed E-state index contributed by atoms with van der Waals surface area (Å²) in [4.78, 5) is 8.29. The number of nitrogens with one attached hydrogen (secondary N) is 1. The summed E-state index contributed by atoms with van der Waals surface area (Å²) in [6, 6.07) is 16.0. The van der Waals surface area contributed by atoms with Crippen LogP contribution in [0.1, 0.15) is 16.7 Å². The van der Waals surface area contributed by atoms with Gasteiger partial charge in [-0.25, -0.2) is 18.4 Å². The van der Waals surface area contributed by atoms with Gasteiger partial charge in [0.2, 0.25) is 5.88 Å². The first-order valence-electron chi connectivity index (χ1n) is 8.91. The summed E-state index contributed by atoms with van der Waals surface area (Å²) in [5, 5.41) is 9.06. The molecule has 0 atom stereocenters. The zero-order valence-electron chi connectivity index (χ0n) is 15.8. The maximum atomic E-state index is 12.8. The molecule has 0 saturated carbocycles. The Hall–Kier alpha value is -3.23. The van der Waals surface area contributed by atoms with E-state index in [1.807, 2.05) is 37.3 Å². The van der Waals surface area contributed by atoms with Gasteiger partial charge >= 0.3 is 0 Å². The minimum absolute atomic E-state index is 0.0212. The normalized spacial score (nSPS) is 11.5. The fourth-order valence-electron chi connectivity index (χ4n) is 2.52. The van der Waals surface area contributed by atoms with Crippen LogP contribution in [0.5, 0.6) is 5.88 Å². The average Bonchev–Trinajstić information content (AvgIpc) is 2.72. The van der Waals surface area contributed by atoms with Crippen molar-refractivity contribution in [2.75, 3.05) is 17.9 Å². The number of aryl methyl sites for hydroxylation is 1. The van der Waals surface area contributed by atoms with E-state index in [9.17, 15) is 8.42 Å². The molecule has 0 aliphatic rings. The second-order valence-corrected chi connectivity index (χ2v) is 7.86. The number of rotatable bonds is 8. The van der Waals surface area contributed by atoms with Gasteiger partial charge in [-0.1, -0.05) is 54.1 Å². The molecular weight excluding hydrogens is 390 g/mol. The molecular formula is C21H21N3O4S. The smallest absolute Gasteiger partial charge is 0.263 e. The van der Waals surface area contributed by atoms with Crippen LogP contribution in [0.3, 0.4) is 0 Å². The van der Waals surface area contributed by atoms with Crippen LogP contribution in [0.2, 0.25) is 0 Å². The van der Waals surface area contributed by atoms with Crippen molar-refractivity contribution in [1.82, 2.24) is 9.97 Å². The number of ether oxygens (including phenoxy) is 1. The molecule has 0 aliphatic carbocycles. The zero-order chi connectivity index (χ0) is 20.7. The molecule has 1 aromatic heterocycles. The fourth-order valence-corrected chi connectivity index (χ4v) is 3.55. The Bertz CT molecular complexity index is 1080. The molecule has 0 unspecified atom stereocenters. The molecule has 0 fully saturated rings. The lowest BCUT2D eigenvalue weighted by Crippen LogP contribution is -2.16. The van der Waals surface area contributed by atoms with Crippen LogP contribution < -0.4 is 9.46 Å². The molecule has 8 heteroatoms. The Labute approximate surface area is 169 Å². The first kappa shape index (κ1) is 20.5. The van der Waals surface area contributed by atoms with Crippen molar-refractivity contribution in [1.29, 1.82) is 0 Å². The number of sulfonamides is 1. The molecule has 3 rings (SSSR count). The first-order valence-corrected chi connectivity index (χ1v) is 10.4. The fraction of sp³-hybridized carbons (Fsp3) is 0.143. The van der Waals surface area contributed by atoms with Gasteiger partial charge in [-0.2, -0.15) is 0 Å². The number of hydrogen-bond donors (Lipinski definition) is 2. The molecule has 0 saturated heterocycles. The lowest BCUT2D eigenvalue weighted by Gasteiger charge is -2.13. The molecule has 29 heavy (non-hydrogen) atoms. The molecule has 0 bridgehead atoms. The number of anilines is 1. The van der Waals surface area contributed by atoms with Gasteiger partial charge in [0.05, 0.1) is 17.1 Å². The van der Waals surface area contributed by atoms with E-state index in [0.717, 1.165) is 11.1 Å². The Morgan fingerprint density at radius 1 is 1.03 bits per heavy atom. The molecule has 0 amide bonds. The predicted molar refractivity (Wildman–Crippen MR) is 112 cm³/mol. The summed E-state index contributed by atoms with van der Waals surface area (Å²) in [7, 11) is -3.85. The number of aliphatic hydroxyl groups is 1. The standard InChI is InChI=1S/C21H21N3O4S/c1-16-7-10-18(11-8-16)29(26,27)24-20-19(12-9-17-5-3-2-4-6-17)21(23-15-22-20)28-14-13-25/h2-12,15,25H,13-14H2,1H3,(H,22,23,24)/b12-9+. The quantitative estimate of drug-likeness (QED) is 0.591. The van der Waals surface area contributed by atoms with Gasteiger partial charge in [0.15, 0.2) is 5.82 Å². The molecule has 7 nitrogen and oxygen atoms in total. The van der Waals surface area contributed by atoms with Crippen molar-refractivity contribution in [2.24, 2.45) is 0 Å². The van der Waals surface area contributed by atoms with E-state index < -0.39 is 10.0 Å². The third kappa shape index (κ3) is 5.40. The second-order valence-electron chi connectivity index (χ2n) is 6.18. The number of aromatic nitrogens is 2. The van der Waals surface area contributed by atoms with E-state index in [0.29, 0.717) is 5.56 Å². The van der Waals surface area contributed by atoms with Crippen molar-refractivity contribution in [3.8, 4) is 5.88 Å². The van der Waals surface area contributed by atoms with Crippen LogP contribution in [-0.2, 0) is 10.0 Å². The van der Waals surface area contributed by atoms with Crippen LogP contribution in [-0.4, -0.2) is 36.7 Å². The van der Waals surface area contributed by atoms with Gasteiger partial charge in [0.1, 0.15) is 12.9 Å². The van der Waals surface area contributed by atoms with E-state index in [4.69, 9.17) is 9.84 Å². The number of hydrogen-bond acceptors (Lipinski definition) is 6. The van der Waals surface area contributed by atoms with Crippen LogP contribution in [0.25, 0.3) is 12.2 Å². The maximum Gasteiger partial charge on any atom is 0.263 e. The summed E-state index contributed by atoms with van der Waals surface area (Å²) in [5.74, 6) is 0.253. The Morgan fingerprint density at radius 2 is 1.76 bits per heavy atom. The average molecular weight is 411 g/mol. The van der Waals surface area contributed by atoms with Gasteiger partial charge in [0, 0.05) is 0 Å². The minimum atomic E-state index is -3.85. The van der Waals surface area contributed by atoms with E-state index in [2.05, 4.69) is 14.7 Å². The third-order valence-electron chi connectivity index (χ3n) is 3.98. The largest absolute Gasteiger partial charge is 0.475 e. The summed E-state index contributed by atoms with van der Waals surface area (Å²) in [6.07, 6.45) is 4.68. The van der Waals surface area contributed by atoms with Crippen LogP contribution in [0.15, 0.2) is 65.8 Å². The van der Waals surface area contributed by atoms with Gasteiger partial charge in [0.25, 0.3) is 10.0 Å². The topological polar surface area (TPSA) is 101 Å². The third-order valence-corrected chi connectivity index (χ3v) is 5.34. The maximum absolute atomic E-state index is 12.8. The Kier molecular flexibility index (Phi) is 6.58. The summed E-state index contributed by atoms with van der Waals surface area (Å²) >= 11 is 0. The lowest BCUT2D eigenvalue weighted by molar-refractivity contribution is 0.196. The molecule has 3 aromatic rings. The second kappa shape index (κ2) is 9.31. The molecule has 0 aliphatic heterocycles. The highest BCUT2D eigenvalue weighted by Gasteiger charge is 2.19.